The molecule has 1 fully saturated rings. The maximum Gasteiger partial charge on any atom is 0.410 e. The van der Waals surface area contributed by atoms with Crippen molar-refractivity contribution in [1.29, 1.82) is 0 Å². The Morgan fingerprint density at radius 1 is 1.06 bits per heavy atom. The van der Waals surface area contributed by atoms with Crippen molar-refractivity contribution >= 4 is 34.4 Å². The van der Waals surface area contributed by atoms with Crippen molar-refractivity contribution in [3.63, 3.8) is 0 Å². The van der Waals surface area contributed by atoms with Crippen molar-refractivity contribution in [2.24, 2.45) is 0 Å². The third-order valence-corrected chi connectivity index (χ3v) is 5.43. The first-order chi connectivity index (χ1) is 16.1. The zero-order chi connectivity index (χ0) is 24.5. The van der Waals surface area contributed by atoms with E-state index in [2.05, 4.69) is 20.2 Å². The van der Waals surface area contributed by atoms with Crippen LogP contribution in [0.1, 0.15) is 36.8 Å². The van der Waals surface area contributed by atoms with Gasteiger partial charge in [0.15, 0.2) is 0 Å². The molecule has 1 saturated heterocycles. The van der Waals surface area contributed by atoms with E-state index in [9.17, 15) is 14.0 Å². The first kappa shape index (κ1) is 23.4. The number of carbonyl (C=O) groups is 2. The Balaban J connectivity index is 1.40. The van der Waals surface area contributed by atoms with E-state index in [0.29, 0.717) is 54.2 Å². The Morgan fingerprint density at radius 3 is 2.44 bits per heavy atom. The van der Waals surface area contributed by atoms with Gasteiger partial charge in [0.2, 0.25) is 0 Å². The molecule has 3 aromatic rings. The van der Waals surface area contributed by atoms with Crippen molar-refractivity contribution in [3.8, 4) is 0 Å². The maximum atomic E-state index is 13.6. The second kappa shape index (κ2) is 9.24. The third kappa shape index (κ3) is 5.41. The number of piperazine rings is 1. The lowest BCUT2D eigenvalue weighted by Crippen LogP contribution is -2.50. The number of aromatic nitrogens is 2. The number of benzene rings is 1. The molecule has 2 amide bonds. The number of anilines is 2. The molecule has 1 N–H and O–H groups in total. The quantitative estimate of drug-likeness (QED) is 0.617. The van der Waals surface area contributed by atoms with Crippen molar-refractivity contribution in [3.05, 3.63) is 59.7 Å². The molecule has 8 nitrogen and oxygen atoms in total. The number of nitrogens with one attached hydrogen (secondary N) is 1. The minimum Gasteiger partial charge on any atom is -0.444 e. The molecule has 178 valence electrons. The van der Waals surface area contributed by atoms with Crippen LogP contribution >= 0.6 is 0 Å². The Bertz CT molecular complexity index is 1210. The van der Waals surface area contributed by atoms with Gasteiger partial charge in [-0.25, -0.2) is 14.2 Å². The van der Waals surface area contributed by atoms with Crippen LogP contribution < -0.4 is 10.2 Å². The number of hydrogen-bond donors (Lipinski definition) is 1. The van der Waals surface area contributed by atoms with E-state index in [1.807, 2.05) is 26.8 Å². The van der Waals surface area contributed by atoms with Gasteiger partial charge in [-0.05, 0) is 58.0 Å². The van der Waals surface area contributed by atoms with Gasteiger partial charge in [0.25, 0.3) is 5.91 Å². The molecule has 0 unspecified atom stereocenters. The largest absolute Gasteiger partial charge is 0.444 e. The van der Waals surface area contributed by atoms with Crippen LogP contribution in [-0.2, 0) is 4.74 Å². The average molecular weight is 466 g/mol. The highest BCUT2D eigenvalue weighted by molar-refractivity contribution is 6.12. The molecule has 9 heteroatoms. The molecule has 0 spiro atoms. The van der Waals surface area contributed by atoms with Gasteiger partial charge >= 0.3 is 6.09 Å². The summed E-state index contributed by atoms with van der Waals surface area (Å²) < 4.78 is 19.0. The van der Waals surface area contributed by atoms with Crippen LogP contribution in [0.2, 0.25) is 0 Å². The molecule has 0 saturated carbocycles. The van der Waals surface area contributed by atoms with Crippen LogP contribution in [-0.4, -0.2) is 58.6 Å². The summed E-state index contributed by atoms with van der Waals surface area (Å²) in [6, 6.07) is 9.48. The maximum absolute atomic E-state index is 13.6. The number of ether oxygens (including phenoxy) is 1. The van der Waals surface area contributed by atoms with Crippen molar-refractivity contribution < 1.29 is 18.7 Å². The van der Waals surface area contributed by atoms with Gasteiger partial charge in [0.1, 0.15) is 17.2 Å². The number of amides is 2. The minimum absolute atomic E-state index is 0.301. The van der Waals surface area contributed by atoms with E-state index in [1.165, 1.54) is 12.1 Å². The second-order valence-corrected chi connectivity index (χ2v) is 9.28. The molecule has 0 bridgehead atoms. The van der Waals surface area contributed by atoms with E-state index >= 15 is 0 Å². The molecule has 34 heavy (non-hydrogen) atoms. The molecule has 3 heterocycles. The highest BCUT2D eigenvalue weighted by Gasteiger charge is 2.26. The van der Waals surface area contributed by atoms with Crippen LogP contribution in [0.3, 0.4) is 0 Å². The molecule has 0 atom stereocenters. The number of carbonyl (C=O) groups excluding carboxylic acids is 2. The van der Waals surface area contributed by atoms with Crippen LogP contribution in [0.5, 0.6) is 0 Å². The first-order valence-corrected chi connectivity index (χ1v) is 11.2. The van der Waals surface area contributed by atoms with Gasteiger partial charge in [-0.15, -0.1) is 0 Å². The normalized spacial score (nSPS) is 14.3. The number of aryl methyl sites for hydroxylation is 1. The van der Waals surface area contributed by atoms with Crippen LogP contribution in [0.15, 0.2) is 42.6 Å². The predicted molar refractivity (Wildman–Crippen MR) is 129 cm³/mol. The van der Waals surface area contributed by atoms with Crippen LogP contribution in [0, 0.1) is 12.7 Å². The summed E-state index contributed by atoms with van der Waals surface area (Å²) >= 11 is 0. The highest BCUT2D eigenvalue weighted by atomic mass is 19.1. The van der Waals surface area contributed by atoms with E-state index in [-0.39, 0.29) is 12.0 Å². The Labute approximate surface area is 197 Å². The fourth-order valence-electron chi connectivity index (χ4n) is 3.83. The molecule has 4 rings (SSSR count). The third-order valence-electron chi connectivity index (χ3n) is 5.43. The summed E-state index contributed by atoms with van der Waals surface area (Å²) in [5.41, 5.74) is 1.85. The first-order valence-electron chi connectivity index (χ1n) is 11.2. The van der Waals surface area contributed by atoms with Gasteiger partial charge in [-0.2, -0.15) is 0 Å². The van der Waals surface area contributed by atoms with Crippen molar-refractivity contribution in [1.82, 2.24) is 14.9 Å². The van der Waals surface area contributed by atoms with Gasteiger partial charge in [-0.3, -0.25) is 9.78 Å². The summed E-state index contributed by atoms with van der Waals surface area (Å²) in [6.45, 7) is 9.75. The van der Waals surface area contributed by atoms with E-state index in [4.69, 9.17) is 4.74 Å². The minimum atomic E-state index is -0.518. The summed E-state index contributed by atoms with van der Waals surface area (Å²) in [5, 5.41) is 3.38. The second-order valence-electron chi connectivity index (χ2n) is 9.28. The van der Waals surface area contributed by atoms with Crippen molar-refractivity contribution in [2.75, 3.05) is 36.4 Å². The Kier molecular flexibility index (Phi) is 6.37. The monoisotopic (exact) mass is 465 g/mol. The van der Waals surface area contributed by atoms with Gasteiger partial charge in [-0.1, -0.05) is 0 Å². The van der Waals surface area contributed by atoms with Gasteiger partial charge in [0, 0.05) is 43.3 Å². The zero-order valence-electron chi connectivity index (χ0n) is 19.8. The van der Waals surface area contributed by atoms with E-state index < -0.39 is 11.4 Å². The summed E-state index contributed by atoms with van der Waals surface area (Å²) in [6.07, 6.45) is 1.40. The number of fused-ring (bicyclic) bond motifs is 1. The number of rotatable bonds is 3. The average Bonchev–Trinajstić information content (AvgIpc) is 2.77. The molecule has 1 aliphatic heterocycles. The standard InChI is InChI=1S/C25H28FN5O3/c1-16-13-20(19-7-5-17(26)14-21(19)28-16)23(32)29-22-8-6-18(15-27-22)30-9-11-31(12-10-30)24(33)34-25(2,3)4/h5-8,13-15H,9-12H2,1-4H3,(H,27,29,32). The Morgan fingerprint density at radius 2 is 1.79 bits per heavy atom. The van der Waals surface area contributed by atoms with Gasteiger partial charge in [0.05, 0.1) is 23.0 Å². The lowest BCUT2D eigenvalue weighted by molar-refractivity contribution is 0.0240. The molecule has 1 aromatic carbocycles. The number of halogens is 1. The summed E-state index contributed by atoms with van der Waals surface area (Å²) in [7, 11) is 0. The molecule has 0 aliphatic carbocycles. The topological polar surface area (TPSA) is 87.7 Å². The molecular formula is C25H28FN5O3. The summed E-state index contributed by atoms with van der Waals surface area (Å²) in [4.78, 5) is 37.7. The predicted octanol–water partition coefficient (Wildman–Crippen LogP) is 4.39. The van der Waals surface area contributed by atoms with E-state index in [1.54, 1.807) is 36.2 Å². The summed E-state index contributed by atoms with van der Waals surface area (Å²) in [5.74, 6) is -0.333. The SMILES string of the molecule is Cc1cc(C(=O)Nc2ccc(N3CCN(C(=O)OC(C)(C)C)CC3)cn2)c2ccc(F)cc2n1. The smallest absolute Gasteiger partial charge is 0.410 e. The lowest BCUT2D eigenvalue weighted by atomic mass is 10.1. The highest BCUT2D eigenvalue weighted by Crippen LogP contribution is 2.22. The lowest BCUT2D eigenvalue weighted by Gasteiger charge is -2.36. The van der Waals surface area contributed by atoms with Crippen LogP contribution in [0.4, 0.5) is 20.7 Å². The fraction of sp³-hybridized carbons (Fsp3) is 0.360. The molecule has 1 aliphatic rings. The molecular weight excluding hydrogens is 437 g/mol. The van der Waals surface area contributed by atoms with Gasteiger partial charge < -0.3 is 19.9 Å². The van der Waals surface area contributed by atoms with Crippen molar-refractivity contribution in [2.45, 2.75) is 33.3 Å². The number of pyridine rings is 2. The van der Waals surface area contributed by atoms with Crippen LogP contribution in [0.25, 0.3) is 10.9 Å². The zero-order valence-corrected chi connectivity index (χ0v) is 19.8. The number of nitrogens with zero attached hydrogens (tertiary/aromatic N) is 4. The fourth-order valence-corrected chi connectivity index (χ4v) is 3.83. The van der Waals surface area contributed by atoms with E-state index in [0.717, 1.165) is 5.69 Å². The molecule has 2 aromatic heterocycles. The molecule has 0 radical (unpaired) electrons. The number of hydrogen-bond acceptors (Lipinski definition) is 6. The Hall–Kier alpha value is -3.75.